The number of phenols is 1. The third-order valence-corrected chi connectivity index (χ3v) is 18.5. The number of amides is 10. The van der Waals surface area contributed by atoms with Crippen molar-refractivity contribution in [3.63, 3.8) is 0 Å². The van der Waals surface area contributed by atoms with Gasteiger partial charge in [0.1, 0.15) is 36.1 Å². The van der Waals surface area contributed by atoms with Crippen LogP contribution in [0.4, 0.5) is 4.79 Å². The fourth-order valence-corrected chi connectivity index (χ4v) is 13.3. The van der Waals surface area contributed by atoms with Crippen molar-refractivity contribution in [2.75, 3.05) is 39.0 Å². The predicted octanol–water partition coefficient (Wildman–Crippen LogP) is 3.02. The molecule has 15 N–H and O–H groups in total. The molecule has 2 fully saturated rings. The Kier molecular flexibility index (Phi) is 34.2. The Hall–Kier alpha value is -6.84. The number of carbonyl (C=O) groups is 9. The molecule has 91 heavy (non-hydrogen) atoms. The molecule has 0 saturated carbocycles. The van der Waals surface area contributed by atoms with Gasteiger partial charge < -0.3 is 69.1 Å². The molecule has 1 aromatic carbocycles. The molecule has 0 spiro atoms. The second-order valence-corrected chi connectivity index (χ2v) is 25.8. The summed E-state index contributed by atoms with van der Waals surface area (Å²) in [4.78, 5) is 124. The van der Waals surface area contributed by atoms with Crippen LogP contribution in [0, 0.1) is 0 Å². The van der Waals surface area contributed by atoms with E-state index in [-0.39, 0.29) is 85.7 Å². The number of aliphatic hydroxyl groups excluding tert-OH is 1. The second kappa shape index (κ2) is 41.6. The van der Waals surface area contributed by atoms with Gasteiger partial charge in [-0.05, 0) is 107 Å². The number of hydrogen-bond donors (Lipinski definition) is 13. The Morgan fingerprint density at radius 2 is 1.42 bits per heavy atom. The molecule has 3 aliphatic heterocycles. The Balaban J connectivity index is 1.24. The third-order valence-electron chi connectivity index (χ3n) is 17.0. The smallest absolute Gasteiger partial charge is 0.317 e. The molecule has 26 nitrogen and oxygen atoms in total. The molecule has 5 rings (SSSR count). The van der Waals surface area contributed by atoms with Crippen LogP contribution < -0.4 is 59.3 Å². The fraction of sp³-hybridized carbons (Fsp3) is 0.703. The van der Waals surface area contributed by atoms with E-state index in [9.17, 15) is 53.4 Å². The number of aliphatic hydroxyl groups is 1. The number of nitrogens with zero attached hydrogens (tertiary/aromatic N) is 4. The molecule has 10 amide bonds. The number of aromatic hydroxyl groups is 1. The maximum Gasteiger partial charge on any atom is 0.317 e. The van der Waals surface area contributed by atoms with Crippen LogP contribution in [0.5, 0.6) is 5.75 Å². The van der Waals surface area contributed by atoms with E-state index in [1.807, 2.05) is 11.8 Å². The lowest BCUT2D eigenvalue weighted by Gasteiger charge is -2.25. The molecule has 9 atom stereocenters. The molecule has 3 unspecified atom stereocenters. The Bertz CT molecular complexity index is 2630. The van der Waals surface area contributed by atoms with Crippen LogP contribution in [0.25, 0.3) is 0 Å². The van der Waals surface area contributed by atoms with E-state index in [2.05, 4.69) is 71.7 Å². The van der Waals surface area contributed by atoms with Gasteiger partial charge in [0.05, 0.1) is 36.9 Å². The fourth-order valence-electron chi connectivity index (χ4n) is 11.7. The minimum Gasteiger partial charge on any atom is -0.508 e. The number of fused-ring (bicyclic) bond motifs is 3. The van der Waals surface area contributed by atoms with Gasteiger partial charge in [0.2, 0.25) is 47.3 Å². The largest absolute Gasteiger partial charge is 0.508 e. The summed E-state index contributed by atoms with van der Waals surface area (Å²) in [5, 5.41) is 54.9. The van der Waals surface area contributed by atoms with Crippen molar-refractivity contribution in [2.24, 2.45) is 11.5 Å². The van der Waals surface area contributed by atoms with Crippen molar-refractivity contribution in [1.82, 2.24) is 67.7 Å². The van der Waals surface area contributed by atoms with Gasteiger partial charge in [-0.2, -0.15) is 11.8 Å². The summed E-state index contributed by atoms with van der Waals surface area (Å²) in [7, 11) is 1.80. The average Bonchev–Trinajstić information content (AvgIpc) is 1.78. The van der Waals surface area contributed by atoms with Crippen molar-refractivity contribution >= 4 is 65.1 Å². The summed E-state index contributed by atoms with van der Waals surface area (Å²) in [5.74, 6) is -4.62. The van der Waals surface area contributed by atoms with Gasteiger partial charge in [-0.15, -0.1) is 5.10 Å². The summed E-state index contributed by atoms with van der Waals surface area (Å²) in [6, 6.07) is -0.235. The normalized spacial score (nSPS) is 22.1. The van der Waals surface area contributed by atoms with Crippen molar-refractivity contribution < 1.29 is 53.4 Å². The molecule has 508 valence electrons. The number of primary amides is 1. The van der Waals surface area contributed by atoms with Gasteiger partial charge in [0, 0.05) is 56.6 Å². The molecule has 2 saturated heterocycles. The van der Waals surface area contributed by atoms with Crippen molar-refractivity contribution in [2.45, 2.75) is 247 Å². The first-order chi connectivity index (χ1) is 43.8. The van der Waals surface area contributed by atoms with Gasteiger partial charge in [-0.3, -0.25) is 48.4 Å². The average molecular weight is 1290 g/mol. The van der Waals surface area contributed by atoms with Crippen molar-refractivity contribution in [3.05, 3.63) is 53.9 Å². The monoisotopic (exact) mass is 1290 g/mol. The number of rotatable bonds is 35. The highest BCUT2D eigenvalue weighted by Crippen LogP contribution is 2.37. The second-order valence-electron chi connectivity index (χ2n) is 24.6. The summed E-state index contributed by atoms with van der Waals surface area (Å²) in [6.45, 7) is 6.05. The first-order valence-corrected chi connectivity index (χ1v) is 34.3. The zero-order valence-electron chi connectivity index (χ0n) is 53.8. The number of aryl methyl sites for hydroxylation is 1. The molecule has 4 heterocycles. The highest BCUT2D eigenvalue weighted by atomic mass is 32.2. The zero-order chi connectivity index (χ0) is 65.9. The zero-order valence-corrected chi connectivity index (χ0v) is 54.6. The number of benzene rings is 1. The highest BCUT2D eigenvalue weighted by molar-refractivity contribution is 8.00. The van der Waals surface area contributed by atoms with Gasteiger partial charge in [-0.25, -0.2) is 4.79 Å². The number of hydrogen-bond acceptors (Lipinski definition) is 16. The van der Waals surface area contributed by atoms with Gasteiger partial charge in [0.15, 0.2) is 0 Å². The molecule has 1 aromatic heterocycles. The lowest BCUT2D eigenvalue weighted by atomic mass is 10.0. The van der Waals surface area contributed by atoms with E-state index in [4.69, 9.17) is 11.5 Å². The van der Waals surface area contributed by atoms with E-state index >= 15 is 0 Å². The number of likely N-dealkylation sites (N-methyl/N-ethyl adjacent to an activating group) is 1. The molecule has 0 aliphatic carbocycles. The minimum atomic E-state index is -1.43. The van der Waals surface area contributed by atoms with Crippen LogP contribution in [-0.2, 0) is 57.7 Å². The van der Waals surface area contributed by atoms with E-state index < -0.39 is 90.9 Å². The Morgan fingerprint density at radius 1 is 0.769 bits per heavy atom. The summed E-state index contributed by atoms with van der Waals surface area (Å²) < 4.78 is 1.52. The van der Waals surface area contributed by atoms with E-state index in [1.54, 1.807) is 30.3 Å². The number of carbonyl (C=O) groups excluding carboxylic acids is 9. The minimum absolute atomic E-state index is 0.0423. The maximum atomic E-state index is 14.2. The predicted molar refractivity (Wildman–Crippen MR) is 348 cm³/mol. The molecule has 2 aromatic rings. The first kappa shape index (κ1) is 74.9. The molecular weight excluding hydrogens is 1190 g/mol. The summed E-state index contributed by atoms with van der Waals surface area (Å²) >= 11 is 1.82. The van der Waals surface area contributed by atoms with E-state index in [0.717, 1.165) is 37.9 Å². The first-order valence-electron chi connectivity index (χ1n) is 33.3. The van der Waals surface area contributed by atoms with Crippen molar-refractivity contribution in [1.29, 1.82) is 0 Å². The SMILES string of the molecule is C=C1CCCn2cc(nn2)C[C@@H](NC(O)CCCC[C@@H]2SC[C@@H]3NC(=O)N(C)C32)C(=O)NCC(=O)NC(CCCCN)C(=O)N[C@@H](Cc2ccc(O)cc2)C(=O)NCC(=O)N[C@H]1C(=O)N[C@H](CCCCNC(=O)CCCCCCCCCCCCCCC)C(N)=O. The molecule has 2 bridgehead atoms. The van der Waals surface area contributed by atoms with Crippen LogP contribution in [0.3, 0.4) is 0 Å². The highest BCUT2D eigenvalue weighted by Gasteiger charge is 2.46. The van der Waals surface area contributed by atoms with Gasteiger partial charge >= 0.3 is 6.03 Å². The summed E-state index contributed by atoms with van der Waals surface area (Å²) in [5.41, 5.74) is 12.7. The van der Waals surface area contributed by atoms with E-state index in [1.165, 1.54) is 81.0 Å². The third kappa shape index (κ3) is 27.9. The number of nitrogens with two attached hydrogens (primary N) is 2. The molecular formula is C64H105N15O11S. The lowest BCUT2D eigenvalue weighted by Crippen LogP contribution is -2.57. The molecule has 3 aliphatic rings. The van der Waals surface area contributed by atoms with Gasteiger partial charge in [0.25, 0.3) is 0 Å². The van der Waals surface area contributed by atoms with Crippen molar-refractivity contribution in [3.8, 4) is 5.75 Å². The number of unbranched alkanes of at least 4 members (excludes halogenated alkanes) is 15. The Labute approximate surface area is 541 Å². The lowest BCUT2D eigenvalue weighted by molar-refractivity contribution is -0.133. The van der Waals surface area contributed by atoms with E-state index in [0.29, 0.717) is 69.3 Å². The topological polar surface area (TPSA) is 388 Å². The molecule has 27 heteroatoms. The number of thioether (sulfide) groups is 1. The maximum absolute atomic E-state index is 14.2. The molecule has 0 radical (unpaired) electrons. The Morgan fingerprint density at radius 3 is 2.10 bits per heavy atom. The van der Waals surface area contributed by atoms with Crippen LogP contribution >= 0.6 is 11.8 Å². The number of phenolic OH excluding ortho intramolecular Hbond substituents is 1. The number of urea groups is 1. The number of nitrogens with one attached hydrogen (secondary N) is 9. The van der Waals surface area contributed by atoms with Crippen LogP contribution in [0.1, 0.15) is 185 Å². The van der Waals surface area contributed by atoms with Crippen LogP contribution in [-0.4, -0.2) is 176 Å². The quantitative estimate of drug-likeness (QED) is 0.0204. The van der Waals surface area contributed by atoms with Gasteiger partial charge in [-0.1, -0.05) is 114 Å². The standard InChI is InChI=1S/C64H105N15O11S/c1-4-5-6-7-8-9-10-11-12-13-14-15-16-28-53(81)67-35-22-20-25-47(59(66)85)72-63(89)57-43(2)24-23-36-79-41-45(76-77-79)38-50(71-54(82)29-18-17-27-52-58-51(42-91-52)74-64(90)78(58)3)61(87)68-39-55(83)70-48(26-19-21-34-65)62(88)73-49(60(86)69-40-56(84)75-57)37-44-30-32-46(80)33-31-44/h30-33,41,47-52,54,57-58,71,80,82H,2,4-29,34-40,42,65H2,1,3H3,(H2,66,85)(H,67,81)(H,68,87)(H,69,86)(H,70,83)(H,72,89)(H,73,88)(H,74,90)(H,75,84)/t47-,48?,49+,50-,51+,52+,54?,57-,58?/m1/s1. The number of aromatic nitrogens is 3. The van der Waals surface area contributed by atoms with Crippen LogP contribution in [0.2, 0.25) is 0 Å². The summed E-state index contributed by atoms with van der Waals surface area (Å²) in [6.07, 6.45) is 21.5. The van der Waals surface area contributed by atoms with Crippen LogP contribution in [0.15, 0.2) is 42.6 Å².